The first-order chi connectivity index (χ1) is 13.0. The second kappa shape index (κ2) is 8.88. The minimum atomic E-state index is -0.257. The number of aryl methyl sites for hydroxylation is 1. The monoisotopic (exact) mass is 398 g/mol. The van der Waals surface area contributed by atoms with Gasteiger partial charge in [0.1, 0.15) is 0 Å². The Morgan fingerprint density at radius 2 is 1.81 bits per heavy atom. The van der Waals surface area contributed by atoms with Gasteiger partial charge in [0.15, 0.2) is 5.16 Å². The van der Waals surface area contributed by atoms with Crippen LogP contribution >= 0.6 is 23.4 Å². The Morgan fingerprint density at radius 1 is 1.11 bits per heavy atom. The first-order valence-corrected chi connectivity index (χ1v) is 9.59. The van der Waals surface area contributed by atoms with Crippen LogP contribution in [0.1, 0.15) is 24.1 Å². The van der Waals surface area contributed by atoms with Gasteiger partial charge in [-0.05, 0) is 73.1 Å². The van der Waals surface area contributed by atoms with E-state index in [0.29, 0.717) is 10.2 Å². The average Bonchev–Trinajstić information content (AvgIpc) is 2.65. The number of carbonyl (C=O) groups excluding carboxylic acids is 1. The van der Waals surface area contributed by atoms with E-state index in [-0.39, 0.29) is 12.1 Å². The first kappa shape index (κ1) is 19.2. The van der Waals surface area contributed by atoms with E-state index in [9.17, 15) is 4.79 Å². The van der Waals surface area contributed by atoms with E-state index in [1.807, 2.05) is 56.3 Å². The molecule has 0 aliphatic carbocycles. The van der Waals surface area contributed by atoms with Crippen molar-refractivity contribution in [2.45, 2.75) is 29.9 Å². The molecule has 7 heteroatoms. The number of aromatic nitrogens is 2. The van der Waals surface area contributed by atoms with Gasteiger partial charge in [0.05, 0.1) is 6.04 Å². The molecule has 0 aliphatic rings. The number of amides is 2. The molecule has 0 saturated heterocycles. The zero-order chi connectivity index (χ0) is 19.2. The van der Waals surface area contributed by atoms with Crippen LogP contribution in [0.4, 0.5) is 10.5 Å². The first-order valence-electron chi connectivity index (χ1n) is 8.40. The van der Waals surface area contributed by atoms with Crippen molar-refractivity contribution in [3.63, 3.8) is 0 Å². The van der Waals surface area contributed by atoms with Gasteiger partial charge in [-0.15, -0.1) is 0 Å². The summed E-state index contributed by atoms with van der Waals surface area (Å²) in [5.74, 6) is 0. The van der Waals surface area contributed by atoms with Crippen molar-refractivity contribution in [3.05, 3.63) is 77.1 Å². The van der Waals surface area contributed by atoms with E-state index in [1.54, 1.807) is 18.5 Å². The molecule has 0 spiro atoms. The zero-order valence-corrected chi connectivity index (χ0v) is 16.5. The van der Waals surface area contributed by atoms with Crippen LogP contribution in [0.3, 0.4) is 0 Å². The molecular weight excluding hydrogens is 380 g/mol. The van der Waals surface area contributed by atoms with Crippen molar-refractivity contribution >= 4 is 35.1 Å². The summed E-state index contributed by atoms with van der Waals surface area (Å²) in [5, 5.41) is 7.18. The van der Waals surface area contributed by atoms with Crippen LogP contribution in [0, 0.1) is 6.92 Å². The Kier molecular flexibility index (Phi) is 6.32. The minimum Gasteiger partial charge on any atom is -0.331 e. The van der Waals surface area contributed by atoms with Crippen LogP contribution in [-0.4, -0.2) is 16.0 Å². The van der Waals surface area contributed by atoms with Gasteiger partial charge in [-0.2, -0.15) is 0 Å². The molecule has 2 N–H and O–H groups in total. The summed E-state index contributed by atoms with van der Waals surface area (Å²) in [7, 11) is 0. The molecule has 3 aromatic rings. The quantitative estimate of drug-likeness (QED) is 0.559. The van der Waals surface area contributed by atoms with Crippen molar-refractivity contribution in [2.75, 3.05) is 5.32 Å². The lowest BCUT2D eigenvalue weighted by Crippen LogP contribution is -2.31. The number of urea groups is 1. The Bertz CT molecular complexity index is 919. The van der Waals surface area contributed by atoms with Gasteiger partial charge < -0.3 is 10.6 Å². The molecule has 1 heterocycles. The standard InChI is InChI=1S/C20H19ClN4OS/c1-13-12-17(27-20-22-10-3-11-23-20)8-9-18(13)25-19(26)24-14(2)15-4-6-16(21)7-5-15/h3-12,14H,1-2H3,(H2,24,25,26). The van der Waals surface area contributed by atoms with Crippen molar-refractivity contribution in [1.82, 2.24) is 15.3 Å². The van der Waals surface area contributed by atoms with Crippen LogP contribution in [0.15, 0.2) is 71.0 Å². The number of benzene rings is 2. The van der Waals surface area contributed by atoms with Gasteiger partial charge in [-0.25, -0.2) is 14.8 Å². The smallest absolute Gasteiger partial charge is 0.319 e. The van der Waals surface area contributed by atoms with E-state index in [4.69, 9.17) is 11.6 Å². The lowest BCUT2D eigenvalue weighted by Gasteiger charge is -2.16. The molecule has 138 valence electrons. The highest BCUT2D eigenvalue weighted by Crippen LogP contribution is 2.28. The normalized spacial score (nSPS) is 11.7. The molecule has 5 nitrogen and oxygen atoms in total. The molecule has 1 unspecified atom stereocenters. The molecular formula is C20H19ClN4OS. The third-order valence-electron chi connectivity index (χ3n) is 3.91. The van der Waals surface area contributed by atoms with Gasteiger partial charge in [0.25, 0.3) is 0 Å². The fourth-order valence-corrected chi connectivity index (χ4v) is 3.41. The Morgan fingerprint density at radius 3 is 2.48 bits per heavy atom. The number of carbonyl (C=O) groups is 1. The van der Waals surface area contributed by atoms with E-state index in [2.05, 4.69) is 20.6 Å². The Balaban J connectivity index is 1.61. The summed E-state index contributed by atoms with van der Waals surface area (Å²) in [6, 6.07) is 14.6. The summed E-state index contributed by atoms with van der Waals surface area (Å²) in [6.45, 7) is 3.88. The number of nitrogens with one attached hydrogen (secondary N) is 2. The number of halogens is 1. The van der Waals surface area contributed by atoms with Gasteiger partial charge in [0.2, 0.25) is 0 Å². The average molecular weight is 399 g/mol. The van der Waals surface area contributed by atoms with Crippen LogP contribution in [0.25, 0.3) is 0 Å². The van der Waals surface area contributed by atoms with E-state index in [0.717, 1.165) is 21.7 Å². The maximum atomic E-state index is 12.3. The van der Waals surface area contributed by atoms with Crippen molar-refractivity contribution in [2.24, 2.45) is 0 Å². The predicted molar refractivity (Wildman–Crippen MR) is 109 cm³/mol. The predicted octanol–water partition coefficient (Wildman–Crippen LogP) is 5.47. The lowest BCUT2D eigenvalue weighted by atomic mass is 10.1. The summed E-state index contributed by atoms with van der Waals surface area (Å²) in [6.07, 6.45) is 3.43. The number of hydrogen-bond acceptors (Lipinski definition) is 4. The second-order valence-electron chi connectivity index (χ2n) is 5.98. The Hall–Kier alpha value is -2.57. The van der Waals surface area contributed by atoms with Crippen molar-refractivity contribution < 1.29 is 4.79 Å². The van der Waals surface area contributed by atoms with Gasteiger partial charge in [-0.1, -0.05) is 23.7 Å². The molecule has 0 fully saturated rings. The van der Waals surface area contributed by atoms with Crippen LogP contribution in [0.5, 0.6) is 0 Å². The minimum absolute atomic E-state index is 0.132. The number of anilines is 1. The zero-order valence-electron chi connectivity index (χ0n) is 14.9. The molecule has 0 bridgehead atoms. The molecule has 3 rings (SSSR count). The highest BCUT2D eigenvalue weighted by atomic mass is 35.5. The highest BCUT2D eigenvalue weighted by Gasteiger charge is 2.11. The molecule has 1 aromatic heterocycles. The van der Waals surface area contributed by atoms with Gasteiger partial charge >= 0.3 is 6.03 Å². The lowest BCUT2D eigenvalue weighted by molar-refractivity contribution is 0.249. The van der Waals surface area contributed by atoms with Crippen LogP contribution in [0.2, 0.25) is 5.02 Å². The summed E-state index contributed by atoms with van der Waals surface area (Å²) >= 11 is 7.38. The molecule has 2 aromatic carbocycles. The van der Waals surface area contributed by atoms with Crippen molar-refractivity contribution in [3.8, 4) is 0 Å². The van der Waals surface area contributed by atoms with Gasteiger partial charge in [-0.3, -0.25) is 0 Å². The molecule has 0 saturated carbocycles. The maximum absolute atomic E-state index is 12.3. The molecule has 0 radical (unpaired) electrons. The SMILES string of the molecule is Cc1cc(Sc2ncccn2)ccc1NC(=O)NC(C)c1ccc(Cl)cc1. The second-order valence-corrected chi connectivity index (χ2v) is 7.46. The van der Waals surface area contributed by atoms with Crippen LogP contribution in [-0.2, 0) is 0 Å². The van der Waals surface area contributed by atoms with E-state index < -0.39 is 0 Å². The number of nitrogens with zero attached hydrogens (tertiary/aromatic N) is 2. The molecule has 1 atom stereocenters. The van der Waals surface area contributed by atoms with E-state index in [1.165, 1.54) is 11.8 Å². The largest absolute Gasteiger partial charge is 0.331 e. The third-order valence-corrected chi connectivity index (χ3v) is 5.05. The topological polar surface area (TPSA) is 66.9 Å². The van der Waals surface area contributed by atoms with Crippen LogP contribution < -0.4 is 10.6 Å². The molecule has 0 aliphatic heterocycles. The third kappa shape index (κ3) is 5.45. The Labute approximate surface area is 167 Å². The molecule has 27 heavy (non-hydrogen) atoms. The van der Waals surface area contributed by atoms with Crippen molar-refractivity contribution in [1.29, 1.82) is 0 Å². The summed E-state index contributed by atoms with van der Waals surface area (Å²) < 4.78 is 0. The number of hydrogen-bond donors (Lipinski definition) is 2. The van der Waals surface area contributed by atoms with Gasteiger partial charge in [0, 0.05) is 28.0 Å². The summed E-state index contributed by atoms with van der Waals surface area (Å²) in [5.41, 5.74) is 2.71. The fraction of sp³-hybridized carbons (Fsp3) is 0.150. The number of rotatable bonds is 5. The van der Waals surface area contributed by atoms with E-state index >= 15 is 0 Å². The highest BCUT2D eigenvalue weighted by molar-refractivity contribution is 7.99. The molecule has 2 amide bonds. The maximum Gasteiger partial charge on any atom is 0.319 e. The summed E-state index contributed by atoms with van der Waals surface area (Å²) in [4.78, 5) is 21.7. The fourth-order valence-electron chi connectivity index (χ4n) is 2.47.